The minimum atomic E-state index is 0.121. The van der Waals surface area contributed by atoms with Crippen LogP contribution >= 0.6 is 0 Å². The first-order valence-electron chi connectivity index (χ1n) is 4.34. The Hall–Kier alpha value is -0.120. The second-order valence-electron chi connectivity index (χ2n) is 3.55. The zero-order chi connectivity index (χ0) is 7.26. The van der Waals surface area contributed by atoms with Gasteiger partial charge >= 0.3 is 0 Å². The lowest BCUT2D eigenvalue weighted by atomic mass is 9.98. The highest BCUT2D eigenvalue weighted by Gasteiger charge is 2.45. The van der Waals surface area contributed by atoms with Gasteiger partial charge in [0, 0.05) is 6.42 Å². The first-order chi connectivity index (χ1) is 5.42. The van der Waals surface area contributed by atoms with Crippen molar-refractivity contribution in [1.82, 2.24) is 0 Å². The van der Waals surface area contributed by atoms with Crippen molar-refractivity contribution < 1.29 is 14.2 Å². The van der Waals surface area contributed by atoms with Crippen molar-refractivity contribution in [1.29, 1.82) is 0 Å². The third-order valence-electron chi connectivity index (χ3n) is 2.60. The van der Waals surface area contributed by atoms with E-state index >= 15 is 0 Å². The number of epoxide rings is 2. The fourth-order valence-electron chi connectivity index (χ4n) is 1.82. The number of fused-ring (bicyclic) bond motifs is 1. The van der Waals surface area contributed by atoms with Crippen LogP contribution in [0, 0.1) is 0 Å². The highest BCUT2D eigenvalue weighted by molar-refractivity contribution is 4.92. The van der Waals surface area contributed by atoms with E-state index in [4.69, 9.17) is 14.2 Å². The van der Waals surface area contributed by atoms with E-state index in [1.807, 2.05) is 0 Å². The van der Waals surface area contributed by atoms with Crippen molar-refractivity contribution in [3.63, 3.8) is 0 Å². The maximum atomic E-state index is 5.60. The van der Waals surface area contributed by atoms with Crippen molar-refractivity contribution in [2.24, 2.45) is 0 Å². The zero-order valence-corrected chi connectivity index (χ0v) is 6.36. The predicted molar refractivity (Wildman–Crippen MR) is 37.1 cm³/mol. The van der Waals surface area contributed by atoms with Crippen LogP contribution in [0.3, 0.4) is 0 Å². The van der Waals surface area contributed by atoms with Crippen molar-refractivity contribution in [2.45, 2.75) is 43.9 Å². The fraction of sp³-hybridized carbons (Fsp3) is 1.00. The van der Waals surface area contributed by atoms with Crippen molar-refractivity contribution in [2.75, 3.05) is 6.61 Å². The second-order valence-corrected chi connectivity index (χ2v) is 3.55. The molecule has 3 nitrogen and oxygen atoms in total. The zero-order valence-electron chi connectivity index (χ0n) is 6.36. The molecule has 3 rings (SSSR count). The lowest BCUT2D eigenvalue weighted by Gasteiger charge is -2.17. The summed E-state index contributed by atoms with van der Waals surface area (Å²) >= 11 is 0. The standard InChI is InChI=1S/C8H12O3/c1-2-6-7(11-6)3-5(1)10-8-4-9-8/h5-8H,1-4H2. The van der Waals surface area contributed by atoms with Crippen LogP contribution in [0.25, 0.3) is 0 Å². The molecule has 4 atom stereocenters. The molecule has 11 heavy (non-hydrogen) atoms. The summed E-state index contributed by atoms with van der Waals surface area (Å²) in [6, 6.07) is 0. The SMILES string of the molecule is C1CC2OC2CC1OC1CO1. The molecule has 1 saturated carbocycles. The smallest absolute Gasteiger partial charge is 0.181 e. The van der Waals surface area contributed by atoms with Crippen LogP contribution < -0.4 is 0 Å². The summed E-state index contributed by atoms with van der Waals surface area (Å²) in [5.41, 5.74) is 0. The molecule has 0 aromatic carbocycles. The molecular weight excluding hydrogens is 144 g/mol. The Bertz CT molecular complexity index is 165. The van der Waals surface area contributed by atoms with E-state index in [0.717, 1.165) is 19.4 Å². The summed E-state index contributed by atoms with van der Waals surface area (Å²) in [7, 11) is 0. The largest absolute Gasteiger partial charge is 0.369 e. The molecule has 2 heterocycles. The van der Waals surface area contributed by atoms with Gasteiger partial charge in [-0.1, -0.05) is 0 Å². The van der Waals surface area contributed by atoms with E-state index in [2.05, 4.69) is 0 Å². The highest BCUT2D eigenvalue weighted by Crippen LogP contribution is 2.38. The van der Waals surface area contributed by atoms with Gasteiger partial charge in [0.25, 0.3) is 0 Å². The van der Waals surface area contributed by atoms with E-state index in [9.17, 15) is 0 Å². The van der Waals surface area contributed by atoms with E-state index in [0.29, 0.717) is 18.3 Å². The van der Waals surface area contributed by atoms with Gasteiger partial charge < -0.3 is 14.2 Å². The minimum absolute atomic E-state index is 0.121. The van der Waals surface area contributed by atoms with Crippen LogP contribution in [0.15, 0.2) is 0 Å². The van der Waals surface area contributed by atoms with Crippen LogP contribution in [-0.4, -0.2) is 31.2 Å². The molecule has 4 unspecified atom stereocenters. The van der Waals surface area contributed by atoms with Gasteiger partial charge in [0.05, 0.1) is 18.3 Å². The first-order valence-corrected chi connectivity index (χ1v) is 4.34. The molecule has 2 saturated heterocycles. The lowest BCUT2D eigenvalue weighted by molar-refractivity contribution is -0.0247. The molecule has 0 radical (unpaired) electrons. The van der Waals surface area contributed by atoms with E-state index in [1.54, 1.807) is 0 Å². The minimum Gasteiger partial charge on any atom is -0.369 e. The molecule has 0 amide bonds. The molecule has 0 spiro atoms. The van der Waals surface area contributed by atoms with Crippen molar-refractivity contribution >= 4 is 0 Å². The quantitative estimate of drug-likeness (QED) is 0.551. The van der Waals surface area contributed by atoms with Crippen LogP contribution in [0.5, 0.6) is 0 Å². The second kappa shape index (κ2) is 2.19. The van der Waals surface area contributed by atoms with Gasteiger partial charge in [0.2, 0.25) is 0 Å². The topological polar surface area (TPSA) is 34.3 Å². The average molecular weight is 156 g/mol. The Kier molecular flexibility index (Phi) is 1.27. The monoisotopic (exact) mass is 156 g/mol. The summed E-state index contributed by atoms with van der Waals surface area (Å²) in [6.45, 7) is 0.797. The molecule has 0 aromatic rings. The van der Waals surface area contributed by atoms with Crippen LogP contribution in [0.4, 0.5) is 0 Å². The summed E-state index contributed by atoms with van der Waals surface area (Å²) in [6.07, 6.45) is 5.05. The average Bonchev–Trinajstić information content (AvgIpc) is 2.78. The third-order valence-corrected chi connectivity index (χ3v) is 2.60. The molecule has 1 aliphatic carbocycles. The summed E-state index contributed by atoms with van der Waals surface area (Å²) in [5, 5.41) is 0. The first kappa shape index (κ1) is 6.40. The number of ether oxygens (including phenoxy) is 3. The van der Waals surface area contributed by atoms with E-state index in [1.165, 1.54) is 6.42 Å². The van der Waals surface area contributed by atoms with Gasteiger partial charge in [0.1, 0.15) is 6.61 Å². The van der Waals surface area contributed by atoms with Crippen LogP contribution in [0.2, 0.25) is 0 Å². The number of hydrogen-bond donors (Lipinski definition) is 0. The number of rotatable bonds is 2. The molecule has 0 aromatic heterocycles. The van der Waals surface area contributed by atoms with Crippen molar-refractivity contribution in [3.05, 3.63) is 0 Å². The lowest BCUT2D eigenvalue weighted by Crippen LogP contribution is -2.22. The molecule has 3 aliphatic rings. The Morgan fingerprint density at radius 2 is 2.09 bits per heavy atom. The Morgan fingerprint density at radius 1 is 1.18 bits per heavy atom. The Morgan fingerprint density at radius 3 is 2.82 bits per heavy atom. The molecular formula is C8H12O3. The van der Waals surface area contributed by atoms with Crippen LogP contribution in [0.1, 0.15) is 19.3 Å². The van der Waals surface area contributed by atoms with Crippen LogP contribution in [-0.2, 0) is 14.2 Å². The third kappa shape index (κ3) is 1.28. The Balaban J connectivity index is 1.52. The van der Waals surface area contributed by atoms with E-state index < -0.39 is 0 Å². The summed E-state index contributed by atoms with van der Waals surface area (Å²) < 4.78 is 16.0. The molecule has 2 aliphatic heterocycles. The molecule has 3 heteroatoms. The molecule has 0 bridgehead atoms. The number of hydrogen-bond acceptors (Lipinski definition) is 3. The van der Waals surface area contributed by atoms with Gasteiger partial charge in [0.15, 0.2) is 6.29 Å². The maximum Gasteiger partial charge on any atom is 0.181 e. The van der Waals surface area contributed by atoms with Gasteiger partial charge in [-0.3, -0.25) is 0 Å². The molecule has 3 fully saturated rings. The van der Waals surface area contributed by atoms with Gasteiger partial charge in [-0.25, -0.2) is 0 Å². The predicted octanol–water partition coefficient (Wildman–Crippen LogP) is 0.679. The highest BCUT2D eigenvalue weighted by atomic mass is 16.8. The van der Waals surface area contributed by atoms with Gasteiger partial charge in [-0.2, -0.15) is 0 Å². The van der Waals surface area contributed by atoms with E-state index in [-0.39, 0.29) is 6.29 Å². The summed E-state index contributed by atoms with van der Waals surface area (Å²) in [5.74, 6) is 0. The molecule has 62 valence electrons. The van der Waals surface area contributed by atoms with Crippen molar-refractivity contribution in [3.8, 4) is 0 Å². The van der Waals surface area contributed by atoms with Gasteiger partial charge in [-0.05, 0) is 12.8 Å². The molecule has 0 N–H and O–H groups in total. The van der Waals surface area contributed by atoms with Gasteiger partial charge in [-0.15, -0.1) is 0 Å². The fourth-order valence-corrected chi connectivity index (χ4v) is 1.82. The normalized spacial score (nSPS) is 53.5. The summed E-state index contributed by atoms with van der Waals surface area (Å²) in [4.78, 5) is 0. The Labute approximate surface area is 65.6 Å². The maximum absolute atomic E-state index is 5.60.